The Morgan fingerprint density at radius 2 is 2.22 bits per heavy atom. The molecule has 2 N–H and O–H groups in total. The molecule has 0 bridgehead atoms. The molecule has 0 amide bonds. The summed E-state index contributed by atoms with van der Waals surface area (Å²) in [5.74, 6) is -0.938. The zero-order valence-corrected chi connectivity index (χ0v) is 10.4. The van der Waals surface area contributed by atoms with Gasteiger partial charge >= 0.3 is 5.97 Å². The number of aliphatic hydroxyl groups is 1. The molecule has 5 heteroatoms. The van der Waals surface area contributed by atoms with Crippen LogP contribution in [0.3, 0.4) is 0 Å². The molecule has 5 nitrogen and oxygen atoms in total. The average Bonchev–Trinajstić information content (AvgIpc) is 2.70. The maximum atomic E-state index is 11.4. The lowest BCUT2D eigenvalue weighted by molar-refractivity contribution is -0.143. The molecule has 1 aromatic heterocycles. The molecule has 0 aliphatic heterocycles. The van der Waals surface area contributed by atoms with Gasteiger partial charge in [-0.1, -0.05) is 6.07 Å². The second-order valence-corrected chi connectivity index (χ2v) is 4.67. The van der Waals surface area contributed by atoms with Crippen LogP contribution in [0.5, 0.6) is 0 Å². The Hall–Kier alpha value is -1.88. The van der Waals surface area contributed by atoms with Gasteiger partial charge in [-0.2, -0.15) is 0 Å². The van der Waals surface area contributed by atoms with Crippen LogP contribution in [0.4, 0.5) is 0 Å². The summed E-state index contributed by atoms with van der Waals surface area (Å²) < 4.78 is 1.88. The number of imidazole rings is 1. The van der Waals surface area contributed by atoms with Gasteiger partial charge in [0.2, 0.25) is 0 Å². The number of carboxylic acid groups (broad SMARTS) is 1. The monoisotopic (exact) mass is 248 g/mol. The molecule has 96 valence electrons. The predicted octanol–water partition coefficient (Wildman–Crippen LogP) is 1.30. The highest BCUT2D eigenvalue weighted by Crippen LogP contribution is 2.29. The molecule has 1 aromatic carbocycles. The molecule has 2 aromatic rings. The van der Waals surface area contributed by atoms with Crippen molar-refractivity contribution in [3.63, 3.8) is 0 Å². The average molecular weight is 248 g/mol. The van der Waals surface area contributed by atoms with Crippen LogP contribution in [0.1, 0.15) is 18.9 Å². The summed E-state index contributed by atoms with van der Waals surface area (Å²) in [6.45, 7) is 1.46. The third kappa shape index (κ3) is 1.86. The topological polar surface area (TPSA) is 75.3 Å². The van der Waals surface area contributed by atoms with Crippen LogP contribution in [0, 0.1) is 0 Å². The van der Waals surface area contributed by atoms with Crippen LogP contribution in [0.15, 0.2) is 24.5 Å². The summed E-state index contributed by atoms with van der Waals surface area (Å²) in [6, 6.07) is 5.42. The van der Waals surface area contributed by atoms with Crippen LogP contribution in [-0.4, -0.2) is 32.3 Å². The molecular formula is C13H16N2O3. The van der Waals surface area contributed by atoms with Crippen molar-refractivity contribution in [3.05, 3.63) is 30.1 Å². The van der Waals surface area contributed by atoms with E-state index in [-0.39, 0.29) is 13.0 Å². The van der Waals surface area contributed by atoms with Crippen molar-refractivity contribution >= 4 is 17.0 Å². The summed E-state index contributed by atoms with van der Waals surface area (Å²) in [5.41, 5.74) is 1.30. The van der Waals surface area contributed by atoms with Crippen molar-refractivity contribution in [2.24, 2.45) is 7.05 Å². The van der Waals surface area contributed by atoms with Crippen LogP contribution in [-0.2, 0) is 17.3 Å². The third-order valence-corrected chi connectivity index (χ3v) is 3.45. The number of aryl methyl sites for hydroxylation is 1. The van der Waals surface area contributed by atoms with Crippen molar-refractivity contribution in [1.29, 1.82) is 0 Å². The van der Waals surface area contributed by atoms with Gasteiger partial charge in [-0.15, -0.1) is 0 Å². The Kier molecular flexibility index (Phi) is 3.09. The van der Waals surface area contributed by atoms with Crippen LogP contribution in [0.25, 0.3) is 11.0 Å². The third-order valence-electron chi connectivity index (χ3n) is 3.45. The fourth-order valence-corrected chi connectivity index (χ4v) is 2.08. The summed E-state index contributed by atoms with van der Waals surface area (Å²) in [4.78, 5) is 15.6. The normalized spacial score (nSPS) is 14.6. The van der Waals surface area contributed by atoms with Gasteiger partial charge in [0.1, 0.15) is 0 Å². The van der Waals surface area contributed by atoms with E-state index >= 15 is 0 Å². The fraction of sp³-hybridized carbons (Fsp3) is 0.385. The van der Waals surface area contributed by atoms with Crippen molar-refractivity contribution in [2.45, 2.75) is 18.8 Å². The highest BCUT2D eigenvalue weighted by Gasteiger charge is 2.34. The van der Waals surface area contributed by atoms with Gasteiger partial charge in [-0.25, -0.2) is 4.98 Å². The number of benzene rings is 1. The van der Waals surface area contributed by atoms with Gasteiger partial charge < -0.3 is 14.8 Å². The predicted molar refractivity (Wildman–Crippen MR) is 67.4 cm³/mol. The SMILES string of the molecule is Cn1cnc2cc(C(C)(CCO)C(=O)O)ccc21. The highest BCUT2D eigenvalue weighted by atomic mass is 16.4. The molecule has 1 unspecified atom stereocenters. The number of aliphatic carboxylic acids is 1. The molecule has 1 heterocycles. The van der Waals surface area contributed by atoms with E-state index in [0.717, 1.165) is 11.0 Å². The van der Waals surface area contributed by atoms with Crippen molar-refractivity contribution in [1.82, 2.24) is 9.55 Å². The first-order valence-corrected chi connectivity index (χ1v) is 5.75. The first-order chi connectivity index (χ1) is 8.49. The van der Waals surface area contributed by atoms with E-state index in [1.165, 1.54) is 0 Å². The Morgan fingerprint density at radius 3 is 2.83 bits per heavy atom. The number of rotatable bonds is 4. The Labute approximate surface area is 105 Å². The number of nitrogens with zero attached hydrogens (tertiary/aromatic N) is 2. The molecule has 0 aliphatic carbocycles. The lowest BCUT2D eigenvalue weighted by Gasteiger charge is -2.24. The van der Waals surface area contributed by atoms with E-state index in [4.69, 9.17) is 5.11 Å². The summed E-state index contributed by atoms with van der Waals surface area (Å²) in [5, 5.41) is 18.4. The molecule has 0 spiro atoms. The van der Waals surface area contributed by atoms with E-state index in [2.05, 4.69) is 4.98 Å². The molecule has 0 fully saturated rings. The maximum Gasteiger partial charge on any atom is 0.313 e. The van der Waals surface area contributed by atoms with Gasteiger partial charge in [-0.3, -0.25) is 4.79 Å². The molecule has 0 saturated heterocycles. The minimum absolute atomic E-state index is 0.164. The van der Waals surface area contributed by atoms with Crippen LogP contribution in [0.2, 0.25) is 0 Å². The maximum absolute atomic E-state index is 11.4. The molecule has 0 aliphatic rings. The van der Waals surface area contributed by atoms with Crippen molar-refractivity contribution < 1.29 is 15.0 Å². The number of hydrogen-bond acceptors (Lipinski definition) is 3. The summed E-state index contributed by atoms with van der Waals surface area (Å²) in [7, 11) is 1.89. The second-order valence-electron chi connectivity index (χ2n) is 4.67. The lowest BCUT2D eigenvalue weighted by atomic mass is 9.79. The number of carbonyl (C=O) groups is 1. The van der Waals surface area contributed by atoms with Gasteiger partial charge in [0.05, 0.1) is 22.8 Å². The van der Waals surface area contributed by atoms with E-state index < -0.39 is 11.4 Å². The minimum atomic E-state index is -1.08. The van der Waals surface area contributed by atoms with Gasteiger partial charge in [-0.05, 0) is 31.0 Å². The minimum Gasteiger partial charge on any atom is -0.481 e. The summed E-state index contributed by atoms with van der Waals surface area (Å²) in [6.07, 6.45) is 1.87. The zero-order chi connectivity index (χ0) is 13.3. The molecule has 18 heavy (non-hydrogen) atoms. The highest BCUT2D eigenvalue weighted by molar-refractivity contribution is 5.84. The standard InChI is InChI=1S/C13H16N2O3/c1-13(5-6-16,12(17)18)9-3-4-11-10(7-9)14-8-15(11)2/h3-4,7-8,16H,5-6H2,1-2H3,(H,17,18). The van der Waals surface area contributed by atoms with Gasteiger partial charge in [0, 0.05) is 13.7 Å². The smallest absolute Gasteiger partial charge is 0.313 e. The molecule has 1 atom stereocenters. The molecule has 0 saturated carbocycles. The number of aromatic nitrogens is 2. The first-order valence-electron chi connectivity index (χ1n) is 5.75. The number of carboxylic acids is 1. The Balaban J connectivity index is 2.54. The van der Waals surface area contributed by atoms with E-state index in [0.29, 0.717) is 5.56 Å². The summed E-state index contributed by atoms with van der Waals surface area (Å²) >= 11 is 0. The van der Waals surface area contributed by atoms with E-state index in [1.807, 2.05) is 17.7 Å². The first kappa shape index (κ1) is 12.6. The quantitative estimate of drug-likeness (QED) is 0.855. The number of hydrogen-bond donors (Lipinski definition) is 2. The molecule has 0 radical (unpaired) electrons. The van der Waals surface area contributed by atoms with Crippen LogP contribution < -0.4 is 0 Å². The lowest BCUT2D eigenvalue weighted by Crippen LogP contribution is -2.33. The van der Waals surface area contributed by atoms with Crippen molar-refractivity contribution in [3.8, 4) is 0 Å². The fourth-order valence-electron chi connectivity index (χ4n) is 2.08. The van der Waals surface area contributed by atoms with Gasteiger partial charge in [0.25, 0.3) is 0 Å². The van der Waals surface area contributed by atoms with Crippen LogP contribution >= 0.6 is 0 Å². The largest absolute Gasteiger partial charge is 0.481 e. The molecular weight excluding hydrogens is 232 g/mol. The Morgan fingerprint density at radius 1 is 1.50 bits per heavy atom. The second kappa shape index (κ2) is 4.42. The molecule has 2 rings (SSSR count). The number of aliphatic hydroxyl groups excluding tert-OH is 1. The zero-order valence-electron chi connectivity index (χ0n) is 10.4. The van der Waals surface area contributed by atoms with Crippen molar-refractivity contribution in [2.75, 3.05) is 6.61 Å². The van der Waals surface area contributed by atoms with E-state index in [1.54, 1.807) is 25.4 Å². The Bertz CT molecular complexity index is 591. The van der Waals surface area contributed by atoms with Gasteiger partial charge in [0.15, 0.2) is 0 Å². The van der Waals surface area contributed by atoms with E-state index in [9.17, 15) is 9.90 Å². The number of fused-ring (bicyclic) bond motifs is 1.